The van der Waals surface area contributed by atoms with Gasteiger partial charge >= 0.3 is 0 Å². The highest BCUT2D eigenvalue weighted by molar-refractivity contribution is 5.85. The quantitative estimate of drug-likeness (QED) is 0.573. The van der Waals surface area contributed by atoms with E-state index < -0.39 is 11.5 Å². The monoisotopic (exact) mass is 158 g/mol. The van der Waals surface area contributed by atoms with Crippen LogP contribution in [0.5, 0.6) is 11.5 Å². The molecule has 0 atom stereocenters. The van der Waals surface area contributed by atoms with E-state index in [1.165, 1.54) is 12.1 Å². The van der Waals surface area contributed by atoms with Gasteiger partial charge < -0.3 is 10.2 Å². The van der Waals surface area contributed by atoms with E-state index in [2.05, 4.69) is 0 Å². The Kier molecular flexibility index (Phi) is 1.40. The molecule has 2 aromatic rings. The SMILES string of the molecule is [O-]c1cc2ccccc2cc1[O-]. The summed E-state index contributed by atoms with van der Waals surface area (Å²) in [5.74, 6) is -0.873. The first-order valence-corrected chi connectivity index (χ1v) is 3.64. The van der Waals surface area contributed by atoms with Crippen LogP contribution >= 0.6 is 0 Å². The molecule has 0 unspecified atom stereocenters. The van der Waals surface area contributed by atoms with E-state index in [0.29, 0.717) is 0 Å². The van der Waals surface area contributed by atoms with Crippen molar-refractivity contribution in [3.63, 3.8) is 0 Å². The molecule has 12 heavy (non-hydrogen) atoms. The maximum absolute atomic E-state index is 10.9. The van der Waals surface area contributed by atoms with Crippen LogP contribution in [0, 0.1) is 0 Å². The van der Waals surface area contributed by atoms with Crippen LogP contribution in [0.15, 0.2) is 36.4 Å². The fourth-order valence-electron chi connectivity index (χ4n) is 1.20. The standard InChI is InChI=1S/C10H8O2/c11-9-5-7-3-1-2-4-8(7)6-10(9)12/h1-6,11-12H/p-2. The zero-order valence-corrected chi connectivity index (χ0v) is 6.28. The second kappa shape index (κ2) is 2.41. The summed E-state index contributed by atoms with van der Waals surface area (Å²) < 4.78 is 0. The van der Waals surface area contributed by atoms with Gasteiger partial charge in [-0.15, -0.1) is 11.5 Å². The van der Waals surface area contributed by atoms with Gasteiger partial charge in [0.1, 0.15) is 0 Å². The van der Waals surface area contributed by atoms with Crippen molar-refractivity contribution >= 4 is 10.8 Å². The second-order valence-electron chi connectivity index (χ2n) is 2.65. The Labute approximate surface area is 69.7 Å². The van der Waals surface area contributed by atoms with Crippen LogP contribution < -0.4 is 10.2 Å². The number of hydrogen-bond acceptors (Lipinski definition) is 2. The van der Waals surface area contributed by atoms with Crippen LogP contribution in [0.2, 0.25) is 0 Å². The van der Waals surface area contributed by atoms with Gasteiger partial charge in [-0.3, -0.25) is 0 Å². The maximum Gasteiger partial charge on any atom is -0.0191 e. The molecule has 2 heteroatoms. The van der Waals surface area contributed by atoms with E-state index in [1.54, 1.807) is 0 Å². The summed E-state index contributed by atoms with van der Waals surface area (Å²) in [7, 11) is 0. The van der Waals surface area contributed by atoms with Crippen molar-refractivity contribution in [2.75, 3.05) is 0 Å². The fourth-order valence-corrected chi connectivity index (χ4v) is 1.20. The van der Waals surface area contributed by atoms with Crippen LogP contribution in [0.1, 0.15) is 0 Å². The molecule has 2 aromatic carbocycles. The van der Waals surface area contributed by atoms with Crippen LogP contribution in [-0.4, -0.2) is 0 Å². The largest absolute Gasteiger partial charge is 0.873 e. The molecule has 0 spiro atoms. The molecular formula is C10H6O2-2. The Balaban J connectivity index is 2.84. The molecule has 2 rings (SSSR count). The van der Waals surface area contributed by atoms with E-state index in [0.717, 1.165) is 10.8 Å². The molecule has 0 bridgehead atoms. The minimum atomic E-state index is -0.436. The summed E-state index contributed by atoms with van der Waals surface area (Å²) in [5.41, 5.74) is 0. The van der Waals surface area contributed by atoms with Gasteiger partial charge in [0, 0.05) is 0 Å². The lowest BCUT2D eigenvalue weighted by Crippen LogP contribution is -1.98. The predicted molar refractivity (Wildman–Crippen MR) is 42.8 cm³/mol. The van der Waals surface area contributed by atoms with E-state index in [-0.39, 0.29) is 0 Å². The number of benzene rings is 2. The summed E-state index contributed by atoms with van der Waals surface area (Å²) in [6.45, 7) is 0. The summed E-state index contributed by atoms with van der Waals surface area (Å²) in [6, 6.07) is 10.1. The third-order valence-corrected chi connectivity index (χ3v) is 1.81. The predicted octanol–water partition coefficient (Wildman–Crippen LogP) is 0.987. The molecular weight excluding hydrogens is 152 g/mol. The van der Waals surface area contributed by atoms with Crippen molar-refractivity contribution in [3.8, 4) is 11.5 Å². The lowest BCUT2D eigenvalue weighted by Gasteiger charge is -2.18. The van der Waals surface area contributed by atoms with E-state index in [4.69, 9.17) is 0 Å². The molecule has 60 valence electrons. The van der Waals surface area contributed by atoms with Crippen molar-refractivity contribution in [2.24, 2.45) is 0 Å². The van der Waals surface area contributed by atoms with E-state index >= 15 is 0 Å². The van der Waals surface area contributed by atoms with Crippen molar-refractivity contribution in [2.45, 2.75) is 0 Å². The Bertz CT molecular complexity index is 381. The molecule has 0 aliphatic carbocycles. The Morgan fingerprint density at radius 3 is 1.58 bits per heavy atom. The molecule has 0 heterocycles. The van der Waals surface area contributed by atoms with Gasteiger partial charge in [-0.1, -0.05) is 36.4 Å². The normalized spacial score (nSPS) is 10.3. The van der Waals surface area contributed by atoms with Gasteiger partial charge in [0.05, 0.1) is 0 Å². The summed E-state index contributed by atoms with van der Waals surface area (Å²) in [6.07, 6.45) is 0. The average molecular weight is 158 g/mol. The zero-order valence-electron chi connectivity index (χ0n) is 6.28. The maximum atomic E-state index is 10.9. The van der Waals surface area contributed by atoms with E-state index in [9.17, 15) is 10.2 Å². The molecule has 0 amide bonds. The molecule has 0 aliphatic rings. The Hall–Kier alpha value is -1.70. The van der Waals surface area contributed by atoms with Crippen LogP contribution in [0.3, 0.4) is 0 Å². The lowest BCUT2D eigenvalue weighted by molar-refractivity contribution is -0.317. The van der Waals surface area contributed by atoms with Crippen LogP contribution in [0.25, 0.3) is 10.8 Å². The highest BCUT2D eigenvalue weighted by Crippen LogP contribution is 2.25. The smallest absolute Gasteiger partial charge is 0.0191 e. The first-order valence-electron chi connectivity index (χ1n) is 3.64. The lowest BCUT2D eigenvalue weighted by atomic mass is 10.1. The average Bonchev–Trinajstić information content (AvgIpc) is 2.07. The minimum Gasteiger partial charge on any atom is -0.873 e. The first kappa shape index (κ1) is 6.98. The van der Waals surface area contributed by atoms with Crippen molar-refractivity contribution in [1.29, 1.82) is 0 Å². The Morgan fingerprint density at radius 1 is 0.750 bits per heavy atom. The van der Waals surface area contributed by atoms with Crippen molar-refractivity contribution in [1.82, 2.24) is 0 Å². The molecule has 0 N–H and O–H groups in total. The molecule has 0 saturated carbocycles. The van der Waals surface area contributed by atoms with Crippen LogP contribution in [0.4, 0.5) is 0 Å². The van der Waals surface area contributed by atoms with Gasteiger partial charge in [0.25, 0.3) is 0 Å². The molecule has 0 aliphatic heterocycles. The number of rotatable bonds is 0. The van der Waals surface area contributed by atoms with Gasteiger partial charge in [-0.25, -0.2) is 0 Å². The third-order valence-electron chi connectivity index (χ3n) is 1.81. The second-order valence-corrected chi connectivity index (χ2v) is 2.65. The summed E-state index contributed by atoms with van der Waals surface area (Å²) in [5, 5.41) is 23.5. The van der Waals surface area contributed by atoms with Crippen molar-refractivity contribution in [3.05, 3.63) is 36.4 Å². The molecule has 0 radical (unpaired) electrons. The zero-order chi connectivity index (χ0) is 8.55. The highest BCUT2D eigenvalue weighted by atomic mass is 16.3. The van der Waals surface area contributed by atoms with Gasteiger partial charge in [0.2, 0.25) is 0 Å². The molecule has 0 fully saturated rings. The Morgan fingerprint density at radius 2 is 1.17 bits per heavy atom. The molecule has 0 aromatic heterocycles. The van der Waals surface area contributed by atoms with Crippen LogP contribution in [-0.2, 0) is 0 Å². The fraction of sp³-hybridized carbons (Fsp3) is 0. The number of fused-ring (bicyclic) bond motifs is 1. The molecule has 0 saturated heterocycles. The van der Waals surface area contributed by atoms with E-state index in [1.807, 2.05) is 24.3 Å². The first-order chi connectivity index (χ1) is 5.77. The highest BCUT2D eigenvalue weighted by Gasteiger charge is 1.89. The van der Waals surface area contributed by atoms with Crippen molar-refractivity contribution < 1.29 is 10.2 Å². The van der Waals surface area contributed by atoms with Gasteiger partial charge in [-0.2, -0.15) is 0 Å². The topological polar surface area (TPSA) is 46.1 Å². The van der Waals surface area contributed by atoms with Gasteiger partial charge in [0.15, 0.2) is 0 Å². The number of hydrogen-bond donors (Lipinski definition) is 0. The molecule has 2 nitrogen and oxygen atoms in total. The minimum absolute atomic E-state index is 0.436. The summed E-state index contributed by atoms with van der Waals surface area (Å²) in [4.78, 5) is 0. The summed E-state index contributed by atoms with van der Waals surface area (Å²) >= 11 is 0. The third kappa shape index (κ3) is 0.975. The van der Waals surface area contributed by atoms with Gasteiger partial charge in [-0.05, 0) is 10.8 Å².